The Kier molecular flexibility index (Phi) is 8.81. The smallest absolute Gasteiger partial charge is 0.328 e. The Hall–Kier alpha value is -2.87. The van der Waals surface area contributed by atoms with Crippen LogP contribution in [0.15, 0.2) is 30.4 Å². The van der Waals surface area contributed by atoms with Crippen molar-refractivity contribution in [3.05, 3.63) is 36.0 Å². The number of hydrogen-bond donors (Lipinski definition) is 3. The van der Waals surface area contributed by atoms with Gasteiger partial charge in [0.2, 0.25) is 0 Å². The van der Waals surface area contributed by atoms with E-state index in [0.717, 1.165) is 29.9 Å². The van der Waals surface area contributed by atoms with Gasteiger partial charge >= 0.3 is 11.9 Å². The molecule has 132 valence electrons. The predicted molar refractivity (Wildman–Crippen MR) is 90.7 cm³/mol. The van der Waals surface area contributed by atoms with Gasteiger partial charge in [0.05, 0.1) is 18.3 Å². The lowest BCUT2D eigenvalue weighted by atomic mass is 10.2. The molecule has 0 bridgehead atoms. The van der Waals surface area contributed by atoms with E-state index >= 15 is 0 Å². The molecule has 0 saturated carbocycles. The molecule has 2 rings (SSSR count). The maximum absolute atomic E-state index is 9.55. The zero-order valence-corrected chi connectivity index (χ0v) is 14.0. The number of rotatable bonds is 5. The van der Waals surface area contributed by atoms with Crippen LogP contribution >= 0.6 is 0 Å². The van der Waals surface area contributed by atoms with Gasteiger partial charge in [-0.05, 0) is 25.5 Å². The van der Waals surface area contributed by atoms with Gasteiger partial charge in [-0.25, -0.2) is 9.59 Å². The molecule has 1 aromatic heterocycles. The largest absolute Gasteiger partial charge is 0.497 e. The van der Waals surface area contributed by atoms with E-state index in [2.05, 4.69) is 18.1 Å². The Morgan fingerprint density at radius 1 is 1.25 bits per heavy atom. The van der Waals surface area contributed by atoms with Crippen molar-refractivity contribution >= 4 is 22.8 Å². The van der Waals surface area contributed by atoms with Gasteiger partial charge in [0.1, 0.15) is 5.75 Å². The lowest BCUT2D eigenvalue weighted by Crippen LogP contribution is -1.98. The molecule has 2 aromatic rings. The lowest BCUT2D eigenvalue weighted by molar-refractivity contribution is -0.134. The van der Waals surface area contributed by atoms with Gasteiger partial charge in [0, 0.05) is 30.1 Å². The Morgan fingerprint density at radius 2 is 1.83 bits per heavy atom. The topological polar surface area (TPSA) is 137 Å². The minimum atomic E-state index is -1.26. The number of nitrogens with zero attached hydrogens (tertiary/aromatic N) is 2. The normalized spacial score (nSPS) is 9.96. The maximum Gasteiger partial charge on any atom is 0.328 e. The molecule has 1 heterocycles. The fourth-order valence-corrected chi connectivity index (χ4v) is 1.97. The van der Waals surface area contributed by atoms with Crippen molar-refractivity contribution in [3.63, 3.8) is 0 Å². The SMILES string of the molecule is CCCn1nc(C)c2ccc(OC)cc21.N.O=C(O)C=CC(=O)O. The highest BCUT2D eigenvalue weighted by atomic mass is 16.5. The minimum Gasteiger partial charge on any atom is -0.497 e. The zero-order chi connectivity index (χ0) is 17.4. The first kappa shape index (κ1) is 21.1. The summed E-state index contributed by atoms with van der Waals surface area (Å²) in [5.74, 6) is -1.63. The van der Waals surface area contributed by atoms with Crippen LogP contribution < -0.4 is 10.9 Å². The second kappa shape index (κ2) is 10.0. The van der Waals surface area contributed by atoms with Gasteiger partial charge in [-0.15, -0.1) is 0 Å². The number of methoxy groups -OCH3 is 1. The predicted octanol–water partition coefficient (Wildman–Crippen LogP) is 2.64. The van der Waals surface area contributed by atoms with Gasteiger partial charge in [-0.3, -0.25) is 4.68 Å². The number of benzene rings is 1. The van der Waals surface area contributed by atoms with Crippen LogP contribution in [0.4, 0.5) is 0 Å². The third-order valence-corrected chi connectivity index (χ3v) is 2.95. The fourth-order valence-electron chi connectivity index (χ4n) is 1.97. The number of hydrogen-bond acceptors (Lipinski definition) is 5. The molecule has 0 amide bonds. The van der Waals surface area contributed by atoms with E-state index in [1.54, 1.807) is 7.11 Å². The van der Waals surface area contributed by atoms with Crippen molar-refractivity contribution in [2.75, 3.05) is 7.11 Å². The van der Waals surface area contributed by atoms with Gasteiger partial charge in [-0.2, -0.15) is 5.10 Å². The first-order valence-electron chi connectivity index (χ1n) is 7.04. The number of fused-ring (bicyclic) bond motifs is 1. The third-order valence-electron chi connectivity index (χ3n) is 2.95. The number of aryl methyl sites for hydroxylation is 2. The van der Waals surface area contributed by atoms with Crippen LogP contribution in [0.1, 0.15) is 19.0 Å². The van der Waals surface area contributed by atoms with E-state index in [1.165, 1.54) is 5.39 Å². The Morgan fingerprint density at radius 3 is 2.29 bits per heavy atom. The number of carbonyl (C=O) groups is 2. The van der Waals surface area contributed by atoms with E-state index in [0.29, 0.717) is 12.2 Å². The van der Waals surface area contributed by atoms with E-state index in [9.17, 15) is 9.59 Å². The highest BCUT2D eigenvalue weighted by molar-refractivity contribution is 5.89. The molecule has 0 fully saturated rings. The van der Waals surface area contributed by atoms with Gasteiger partial charge in [-0.1, -0.05) is 6.92 Å². The molecule has 0 aliphatic carbocycles. The first-order chi connectivity index (χ1) is 10.9. The molecule has 0 radical (unpaired) electrons. The Bertz CT molecular complexity index is 706. The molecule has 0 saturated heterocycles. The second-order valence-corrected chi connectivity index (χ2v) is 4.70. The summed E-state index contributed by atoms with van der Waals surface area (Å²) in [5.41, 5.74) is 2.25. The first-order valence-corrected chi connectivity index (χ1v) is 7.04. The molecule has 8 nitrogen and oxygen atoms in total. The maximum atomic E-state index is 9.55. The van der Waals surface area contributed by atoms with Crippen molar-refractivity contribution in [2.45, 2.75) is 26.8 Å². The molecular weight excluding hydrogens is 314 g/mol. The van der Waals surface area contributed by atoms with Crippen LogP contribution in [0.2, 0.25) is 0 Å². The quantitative estimate of drug-likeness (QED) is 0.713. The molecule has 8 heteroatoms. The van der Waals surface area contributed by atoms with Crippen molar-refractivity contribution in [3.8, 4) is 5.75 Å². The van der Waals surface area contributed by atoms with Crippen molar-refractivity contribution in [1.29, 1.82) is 0 Å². The van der Waals surface area contributed by atoms with Crippen LogP contribution in [0.25, 0.3) is 10.9 Å². The van der Waals surface area contributed by atoms with Gasteiger partial charge in [0.15, 0.2) is 0 Å². The summed E-state index contributed by atoms with van der Waals surface area (Å²) in [6, 6.07) is 6.10. The van der Waals surface area contributed by atoms with Gasteiger partial charge < -0.3 is 21.1 Å². The highest BCUT2D eigenvalue weighted by Gasteiger charge is 2.07. The lowest BCUT2D eigenvalue weighted by Gasteiger charge is -2.02. The standard InChI is InChI=1S/C12H16N2O.C4H4O4.H3N/c1-4-7-14-12-8-10(15-3)5-6-11(12)9(2)13-14;5-3(6)1-2-4(7)8;/h5-6,8H,4,7H2,1-3H3;1-2H,(H,5,6)(H,7,8);1H3. The molecule has 0 aliphatic rings. The average molecular weight is 337 g/mol. The molecule has 0 atom stereocenters. The van der Waals surface area contributed by atoms with E-state index in [1.807, 2.05) is 23.7 Å². The summed E-state index contributed by atoms with van der Waals surface area (Å²) in [5, 5.41) is 21.4. The van der Waals surface area contributed by atoms with Crippen LogP contribution in [0.3, 0.4) is 0 Å². The van der Waals surface area contributed by atoms with Gasteiger partial charge in [0.25, 0.3) is 0 Å². The molecule has 24 heavy (non-hydrogen) atoms. The Balaban J connectivity index is 0.000000510. The summed E-state index contributed by atoms with van der Waals surface area (Å²) < 4.78 is 7.27. The van der Waals surface area contributed by atoms with E-state index in [-0.39, 0.29) is 6.15 Å². The summed E-state index contributed by atoms with van der Waals surface area (Å²) >= 11 is 0. The summed E-state index contributed by atoms with van der Waals surface area (Å²) in [7, 11) is 1.69. The molecule has 5 N–H and O–H groups in total. The monoisotopic (exact) mass is 337 g/mol. The average Bonchev–Trinajstić information content (AvgIpc) is 2.82. The number of aromatic nitrogens is 2. The molecule has 0 unspecified atom stereocenters. The van der Waals surface area contributed by atoms with Crippen molar-refractivity contribution < 1.29 is 24.5 Å². The summed E-state index contributed by atoms with van der Waals surface area (Å²) in [6.07, 6.45) is 2.21. The number of carboxylic acid groups (broad SMARTS) is 2. The van der Waals surface area contributed by atoms with Crippen molar-refractivity contribution in [1.82, 2.24) is 15.9 Å². The van der Waals surface area contributed by atoms with Crippen LogP contribution in [0, 0.1) is 6.92 Å². The highest BCUT2D eigenvalue weighted by Crippen LogP contribution is 2.23. The van der Waals surface area contributed by atoms with Crippen LogP contribution in [0.5, 0.6) is 5.75 Å². The van der Waals surface area contributed by atoms with E-state index < -0.39 is 11.9 Å². The summed E-state index contributed by atoms with van der Waals surface area (Å²) in [6.45, 7) is 5.15. The van der Waals surface area contributed by atoms with E-state index in [4.69, 9.17) is 14.9 Å². The van der Waals surface area contributed by atoms with Crippen LogP contribution in [-0.2, 0) is 16.1 Å². The minimum absolute atomic E-state index is 0. The number of carboxylic acids is 2. The summed E-state index contributed by atoms with van der Waals surface area (Å²) in [4.78, 5) is 19.1. The molecule has 0 spiro atoms. The third kappa shape index (κ3) is 6.09. The second-order valence-electron chi connectivity index (χ2n) is 4.70. The van der Waals surface area contributed by atoms with Crippen molar-refractivity contribution in [2.24, 2.45) is 0 Å². The molecule has 0 aliphatic heterocycles. The molecule has 1 aromatic carbocycles. The molecular formula is C16H23N3O5. The number of ether oxygens (including phenoxy) is 1. The fraction of sp³-hybridized carbons (Fsp3) is 0.312. The zero-order valence-electron chi connectivity index (χ0n) is 14.0. The Labute approximate surface area is 139 Å². The van der Waals surface area contributed by atoms with Crippen LogP contribution in [-0.4, -0.2) is 39.0 Å². The number of aliphatic carboxylic acids is 2.